The zero-order chi connectivity index (χ0) is 18.0. The second-order valence-corrected chi connectivity index (χ2v) is 5.84. The van der Waals surface area contributed by atoms with E-state index in [1.807, 2.05) is 0 Å². The van der Waals surface area contributed by atoms with Crippen LogP contribution < -0.4 is 0 Å². The summed E-state index contributed by atoms with van der Waals surface area (Å²) >= 11 is 0. The minimum atomic E-state index is -1.72. The molecule has 0 radical (unpaired) electrons. The van der Waals surface area contributed by atoms with Gasteiger partial charge in [-0.15, -0.1) is 0 Å². The van der Waals surface area contributed by atoms with Crippen LogP contribution in [0.15, 0.2) is 0 Å². The standard InChI is InChI=1S/C13H24O11/c1-21-2-4-6(14)9(17)11(19)13(24-4)22-3-5-7(15)8(16)10(18)12(20)23-5/h4-20H,2-3H2,1H3/t4?,5-,6-,7?,8?,9+,10-,11?,12?,13+/m1/s1. The molecule has 5 unspecified atom stereocenters. The summed E-state index contributed by atoms with van der Waals surface area (Å²) in [5, 5.41) is 67.7. The van der Waals surface area contributed by atoms with E-state index < -0.39 is 68.0 Å². The van der Waals surface area contributed by atoms with E-state index in [2.05, 4.69) is 0 Å². The number of aliphatic hydroxyl groups is 7. The monoisotopic (exact) mass is 356 g/mol. The van der Waals surface area contributed by atoms with Crippen molar-refractivity contribution < 1.29 is 54.7 Å². The average molecular weight is 356 g/mol. The molecule has 10 atom stereocenters. The largest absolute Gasteiger partial charge is 0.387 e. The second kappa shape index (κ2) is 8.29. The van der Waals surface area contributed by atoms with Gasteiger partial charge in [-0.1, -0.05) is 0 Å². The second-order valence-electron chi connectivity index (χ2n) is 5.84. The van der Waals surface area contributed by atoms with Crippen LogP contribution in [0.1, 0.15) is 0 Å². The van der Waals surface area contributed by atoms with Crippen LogP contribution >= 0.6 is 0 Å². The van der Waals surface area contributed by atoms with E-state index in [9.17, 15) is 35.7 Å². The van der Waals surface area contributed by atoms with Crippen molar-refractivity contribution in [2.24, 2.45) is 0 Å². The summed E-state index contributed by atoms with van der Waals surface area (Å²) in [6.45, 7) is -0.483. The summed E-state index contributed by atoms with van der Waals surface area (Å²) in [7, 11) is 1.36. The molecule has 2 aliphatic heterocycles. The van der Waals surface area contributed by atoms with Crippen LogP contribution in [0.25, 0.3) is 0 Å². The molecule has 0 amide bonds. The van der Waals surface area contributed by atoms with Gasteiger partial charge in [-0.2, -0.15) is 0 Å². The summed E-state index contributed by atoms with van der Waals surface area (Å²) in [6.07, 6.45) is -14.6. The number of methoxy groups -OCH3 is 1. The summed E-state index contributed by atoms with van der Waals surface area (Å²) in [6, 6.07) is 0. The SMILES string of the molecule is COCC1O[C@H](OC[C@H]2OC(O)[C@H](O)C(O)C2O)C(O)[C@@H](O)[C@@H]1O. The Balaban J connectivity index is 1.94. The highest BCUT2D eigenvalue weighted by Crippen LogP contribution is 2.25. The highest BCUT2D eigenvalue weighted by molar-refractivity contribution is 4.91. The van der Waals surface area contributed by atoms with Crippen LogP contribution in [0.5, 0.6) is 0 Å². The number of hydrogen-bond acceptors (Lipinski definition) is 11. The number of ether oxygens (including phenoxy) is 4. The predicted octanol–water partition coefficient (Wildman–Crippen LogP) is -4.74. The molecule has 0 aromatic rings. The zero-order valence-corrected chi connectivity index (χ0v) is 13.0. The zero-order valence-electron chi connectivity index (χ0n) is 13.0. The molecule has 2 heterocycles. The molecule has 11 heteroatoms. The van der Waals surface area contributed by atoms with Gasteiger partial charge in [0.25, 0.3) is 0 Å². The highest BCUT2D eigenvalue weighted by atomic mass is 16.7. The molecule has 7 N–H and O–H groups in total. The maximum Gasteiger partial charge on any atom is 0.186 e. The van der Waals surface area contributed by atoms with Crippen LogP contribution in [0.3, 0.4) is 0 Å². The van der Waals surface area contributed by atoms with Crippen LogP contribution in [-0.4, -0.2) is 117 Å². The van der Waals surface area contributed by atoms with Crippen LogP contribution in [0, 0.1) is 0 Å². The molecule has 2 rings (SSSR count). The van der Waals surface area contributed by atoms with Crippen molar-refractivity contribution in [1.29, 1.82) is 0 Å². The lowest BCUT2D eigenvalue weighted by Gasteiger charge is -2.42. The third-order valence-corrected chi connectivity index (χ3v) is 4.11. The first kappa shape index (κ1) is 19.9. The van der Waals surface area contributed by atoms with Gasteiger partial charge in [0.05, 0.1) is 13.2 Å². The van der Waals surface area contributed by atoms with E-state index in [4.69, 9.17) is 18.9 Å². The fraction of sp³-hybridized carbons (Fsp3) is 1.00. The topological polar surface area (TPSA) is 179 Å². The van der Waals surface area contributed by atoms with Gasteiger partial charge in [-0.3, -0.25) is 0 Å². The van der Waals surface area contributed by atoms with Crippen molar-refractivity contribution in [3.05, 3.63) is 0 Å². The highest BCUT2D eigenvalue weighted by Gasteiger charge is 2.46. The fourth-order valence-electron chi connectivity index (χ4n) is 2.61. The molecule has 2 saturated heterocycles. The van der Waals surface area contributed by atoms with Gasteiger partial charge >= 0.3 is 0 Å². The maximum atomic E-state index is 9.89. The van der Waals surface area contributed by atoms with Crippen LogP contribution in [0.2, 0.25) is 0 Å². The summed E-state index contributed by atoms with van der Waals surface area (Å²) < 4.78 is 20.3. The molecule has 142 valence electrons. The van der Waals surface area contributed by atoms with E-state index in [0.717, 1.165) is 0 Å². The van der Waals surface area contributed by atoms with Crippen molar-refractivity contribution in [2.45, 2.75) is 61.4 Å². The first-order valence-electron chi connectivity index (χ1n) is 7.45. The molecule has 0 aliphatic carbocycles. The van der Waals surface area contributed by atoms with E-state index in [0.29, 0.717) is 0 Å². The van der Waals surface area contributed by atoms with Crippen molar-refractivity contribution >= 4 is 0 Å². The number of hydrogen-bond donors (Lipinski definition) is 7. The van der Waals surface area contributed by atoms with E-state index in [1.165, 1.54) is 7.11 Å². The Labute approximate surface area is 137 Å². The molecular weight excluding hydrogens is 332 g/mol. The lowest BCUT2D eigenvalue weighted by molar-refractivity contribution is -0.326. The lowest BCUT2D eigenvalue weighted by atomic mass is 9.98. The van der Waals surface area contributed by atoms with Crippen LogP contribution in [0.4, 0.5) is 0 Å². The maximum absolute atomic E-state index is 9.89. The Morgan fingerprint density at radius 1 is 0.667 bits per heavy atom. The lowest BCUT2D eigenvalue weighted by Crippen LogP contribution is -2.61. The minimum Gasteiger partial charge on any atom is -0.387 e. The van der Waals surface area contributed by atoms with Gasteiger partial charge in [0.1, 0.15) is 48.8 Å². The Kier molecular flexibility index (Phi) is 6.87. The van der Waals surface area contributed by atoms with Crippen LogP contribution in [-0.2, 0) is 18.9 Å². The normalized spacial score (nSPS) is 50.0. The molecule has 11 nitrogen and oxygen atoms in total. The first-order chi connectivity index (χ1) is 11.3. The smallest absolute Gasteiger partial charge is 0.186 e. The fourth-order valence-corrected chi connectivity index (χ4v) is 2.61. The summed E-state index contributed by atoms with van der Waals surface area (Å²) in [4.78, 5) is 0. The van der Waals surface area contributed by atoms with E-state index in [-0.39, 0.29) is 6.61 Å². The Morgan fingerprint density at radius 2 is 1.21 bits per heavy atom. The Bertz CT molecular complexity index is 396. The minimum absolute atomic E-state index is 0.0586. The van der Waals surface area contributed by atoms with Crippen molar-refractivity contribution in [1.82, 2.24) is 0 Å². The quantitative estimate of drug-likeness (QED) is 0.251. The third-order valence-electron chi connectivity index (χ3n) is 4.11. The molecule has 0 aromatic carbocycles. The molecule has 2 fully saturated rings. The van der Waals surface area contributed by atoms with Gasteiger partial charge in [-0.05, 0) is 0 Å². The molecule has 0 saturated carbocycles. The summed E-state index contributed by atoms with van der Waals surface area (Å²) in [5.74, 6) is 0. The molecule has 0 bridgehead atoms. The third kappa shape index (κ3) is 4.03. The molecule has 0 spiro atoms. The van der Waals surface area contributed by atoms with Crippen molar-refractivity contribution in [2.75, 3.05) is 20.3 Å². The van der Waals surface area contributed by atoms with E-state index >= 15 is 0 Å². The van der Waals surface area contributed by atoms with Gasteiger partial charge in [-0.25, -0.2) is 0 Å². The van der Waals surface area contributed by atoms with Gasteiger partial charge in [0, 0.05) is 7.11 Å². The molecule has 2 aliphatic rings. The van der Waals surface area contributed by atoms with E-state index in [1.54, 1.807) is 0 Å². The van der Waals surface area contributed by atoms with Crippen molar-refractivity contribution in [3.8, 4) is 0 Å². The first-order valence-corrected chi connectivity index (χ1v) is 7.45. The average Bonchev–Trinajstić information content (AvgIpc) is 2.56. The van der Waals surface area contributed by atoms with Gasteiger partial charge in [0.2, 0.25) is 0 Å². The molecule has 0 aromatic heterocycles. The summed E-state index contributed by atoms with van der Waals surface area (Å²) in [5.41, 5.74) is 0. The van der Waals surface area contributed by atoms with Gasteiger partial charge in [0.15, 0.2) is 12.6 Å². The van der Waals surface area contributed by atoms with Gasteiger partial charge < -0.3 is 54.7 Å². The number of rotatable bonds is 5. The molecule has 24 heavy (non-hydrogen) atoms. The predicted molar refractivity (Wildman–Crippen MR) is 73.4 cm³/mol. The number of aliphatic hydroxyl groups excluding tert-OH is 7. The van der Waals surface area contributed by atoms with Crippen molar-refractivity contribution in [3.63, 3.8) is 0 Å². The molecular formula is C13H24O11. The Hall–Kier alpha value is -0.440. The Morgan fingerprint density at radius 3 is 1.79 bits per heavy atom.